The van der Waals surface area contributed by atoms with Gasteiger partial charge < -0.3 is 5.11 Å². The lowest BCUT2D eigenvalue weighted by molar-refractivity contribution is 0.435. The van der Waals surface area contributed by atoms with Crippen molar-refractivity contribution in [2.45, 2.75) is 0 Å². The predicted octanol–water partition coefficient (Wildman–Crippen LogP) is 3.27. The average molecular weight is 385 g/mol. The van der Waals surface area contributed by atoms with E-state index in [4.69, 9.17) is 11.6 Å². The molecule has 26 heavy (non-hydrogen) atoms. The summed E-state index contributed by atoms with van der Waals surface area (Å²) in [6, 6.07) is 10.3. The average Bonchev–Trinajstić information content (AvgIpc) is 3.17. The van der Waals surface area contributed by atoms with E-state index < -0.39 is 0 Å². The maximum Gasteiger partial charge on any atom is 0.267 e. The third-order valence-corrected chi connectivity index (χ3v) is 5.02. The number of hydrogen-bond donors (Lipinski definition) is 1. The van der Waals surface area contributed by atoms with Crippen LogP contribution in [-0.2, 0) is 0 Å². The molecule has 0 saturated heterocycles. The molecule has 4 rings (SSSR count). The van der Waals surface area contributed by atoms with Crippen LogP contribution in [0.4, 0.5) is 0 Å². The van der Waals surface area contributed by atoms with Crippen LogP contribution in [0.5, 0.6) is 5.88 Å². The molecular formula is C18H13ClN4O2S. The molecule has 0 saturated carbocycles. The van der Waals surface area contributed by atoms with Crippen LogP contribution in [0, 0.1) is 0 Å². The summed E-state index contributed by atoms with van der Waals surface area (Å²) in [5.74, 6) is 0.953. The summed E-state index contributed by atoms with van der Waals surface area (Å²) in [6.07, 6.45) is 2.97. The van der Waals surface area contributed by atoms with Crippen molar-refractivity contribution in [3.8, 4) is 11.7 Å². The van der Waals surface area contributed by atoms with Crippen molar-refractivity contribution in [1.82, 2.24) is 9.55 Å². The van der Waals surface area contributed by atoms with E-state index >= 15 is 0 Å². The van der Waals surface area contributed by atoms with E-state index in [0.717, 1.165) is 16.9 Å². The molecule has 1 aromatic carbocycles. The van der Waals surface area contributed by atoms with Gasteiger partial charge in [-0.15, -0.1) is 0 Å². The Labute approximate surface area is 157 Å². The van der Waals surface area contributed by atoms with Crippen molar-refractivity contribution in [3.05, 3.63) is 63.5 Å². The fraction of sp³-hybridized carbons (Fsp3) is 0.111. The zero-order valence-electron chi connectivity index (χ0n) is 13.5. The highest BCUT2D eigenvalue weighted by atomic mass is 35.5. The number of aliphatic imine (C=N–C) groups is 2. The van der Waals surface area contributed by atoms with Gasteiger partial charge in [0.25, 0.3) is 5.56 Å². The normalized spacial score (nSPS) is 14.3. The SMILES string of the molecule is O=c1c2ccccc2c(C=NC2=NCCS2)c(O)n1-c1ccc(Cl)cn1. The standard InChI is InChI=1S/C18H13ClN4O2S/c19-11-5-6-15(21-9-11)23-16(24)13-4-2-1-3-12(13)14(17(23)25)10-22-18-20-7-8-26-18/h1-6,9-10,25H,7-8H2. The lowest BCUT2D eigenvalue weighted by Crippen LogP contribution is -2.21. The molecule has 0 spiro atoms. The summed E-state index contributed by atoms with van der Waals surface area (Å²) in [4.78, 5) is 25.7. The van der Waals surface area contributed by atoms with Crippen molar-refractivity contribution < 1.29 is 5.11 Å². The Bertz CT molecular complexity index is 1110. The summed E-state index contributed by atoms with van der Waals surface area (Å²) in [7, 11) is 0. The van der Waals surface area contributed by atoms with E-state index in [9.17, 15) is 9.90 Å². The third kappa shape index (κ3) is 3.00. The molecule has 3 heterocycles. The molecule has 1 N–H and O–H groups in total. The number of halogens is 1. The fourth-order valence-corrected chi connectivity index (χ4v) is 3.51. The molecule has 0 bridgehead atoms. The molecule has 6 nitrogen and oxygen atoms in total. The zero-order chi connectivity index (χ0) is 18.1. The van der Waals surface area contributed by atoms with Gasteiger partial charge in [0.15, 0.2) is 5.17 Å². The highest BCUT2D eigenvalue weighted by molar-refractivity contribution is 8.14. The highest BCUT2D eigenvalue weighted by Gasteiger charge is 2.17. The van der Waals surface area contributed by atoms with Crippen LogP contribution in [0.2, 0.25) is 5.02 Å². The lowest BCUT2D eigenvalue weighted by Gasteiger charge is -2.12. The Morgan fingerprint density at radius 1 is 1.23 bits per heavy atom. The summed E-state index contributed by atoms with van der Waals surface area (Å²) in [5.41, 5.74) is 0.0739. The quantitative estimate of drug-likeness (QED) is 0.688. The first kappa shape index (κ1) is 16.8. The monoisotopic (exact) mass is 384 g/mol. The Morgan fingerprint density at radius 2 is 2.04 bits per heavy atom. The van der Waals surface area contributed by atoms with Crippen molar-refractivity contribution in [3.63, 3.8) is 0 Å². The van der Waals surface area contributed by atoms with Crippen molar-refractivity contribution in [2.75, 3.05) is 12.3 Å². The number of rotatable bonds is 2. The largest absolute Gasteiger partial charge is 0.494 e. The molecule has 0 fully saturated rings. The van der Waals surface area contributed by atoms with Crippen LogP contribution >= 0.6 is 23.4 Å². The molecule has 8 heteroatoms. The Kier molecular flexibility index (Phi) is 4.48. The van der Waals surface area contributed by atoms with E-state index in [2.05, 4.69) is 15.0 Å². The van der Waals surface area contributed by atoms with Crippen LogP contribution in [-0.4, -0.2) is 38.3 Å². The molecule has 130 valence electrons. The van der Waals surface area contributed by atoms with Crippen molar-refractivity contribution in [2.24, 2.45) is 9.98 Å². The number of thioether (sulfide) groups is 1. The van der Waals surface area contributed by atoms with E-state index in [1.807, 2.05) is 6.07 Å². The van der Waals surface area contributed by atoms with E-state index in [0.29, 0.717) is 26.5 Å². The van der Waals surface area contributed by atoms with Gasteiger partial charge in [0.1, 0.15) is 5.82 Å². The Morgan fingerprint density at radius 3 is 2.73 bits per heavy atom. The van der Waals surface area contributed by atoms with Gasteiger partial charge in [-0.05, 0) is 18.2 Å². The van der Waals surface area contributed by atoms with Crippen LogP contribution in [0.1, 0.15) is 5.56 Å². The first-order valence-corrected chi connectivity index (χ1v) is 9.21. The van der Waals surface area contributed by atoms with E-state index in [-0.39, 0.29) is 17.3 Å². The molecule has 0 atom stereocenters. The van der Waals surface area contributed by atoms with Crippen LogP contribution in [0.25, 0.3) is 16.6 Å². The minimum Gasteiger partial charge on any atom is -0.494 e. The van der Waals surface area contributed by atoms with Gasteiger partial charge in [-0.2, -0.15) is 0 Å². The molecule has 0 aliphatic carbocycles. The summed E-state index contributed by atoms with van der Waals surface area (Å²) >= 11 is 7.43. The van der Waals surface area contributed by atoms with Gasteiger partial charge in [0, 0.05) is 28.9 Å². The number of aromatic hydroxyl groups is 1. The summed E-state index contributed by atoms with van der Waals surface area (Å²) < 4.78 is 1.16. The molecule has 0 unspecified atom stereocenters. The molecule has 1 aliphatic heterocycles. The molecule has 0 radical (unpaired) electrons. The van der Waals surface area contributed by atoms with E-state index in [1.165, 1.54) is 6.20 Å². The summed E-state index contributed by atoms with van der Waals surface area (Å²) in [6.45, 7) is 0.734. The first-order chi connectivity index (χ1) is 12.6. The Balaban J connectivity index is 1.98. The highest BCUT2D eigenvalue weighted by Crippen LogP contribution is 2.26. The third-order valence-electron chi connectivity index (χ3n) is 3.92. The van der Waals surface area contributed by atoms with Gasteiger partial charge in [-0.3, -0.25) is 9.79 Å². The second-order valence-electron chi connectivity index (χ2n) is 5.53. The molecule has 3 aromatic rings. The number of amidine groups is 1. The lowest BCUT2D eigenvalue weighted by atomic mass is 10.1. The zero-order valence-corrected chi connectivity index (χ0v) is 15.0. The minimum atomic E-state index is -0.363. The topological polar surface area (TPSA) is 79.8 Å². The number of aromatic nitrogens is 2. The molecular weight excluding hydrogens is 372 g/mol. The number of fused-ring (bicyclic) bond motifs is 1. The van der Waals surface area contributed by atoms with Gasteiger partial charge in [0.05, 0.1) is 17.1 Å². The first-order valence-electron chi connectivity index (χ1n) is 7.85. The minimum absolute atomic E-state index is 0.226. The smallest absolute Gasteiger partial charge is 0.267 e. The van der Waals surface area contributed by atoms with Crippen LogP contribution < -0.4 is 5.56 Å². The van der Waals surface area contributed by atoms with Crippen molar-refractivity contribution >= 4 is 45.5 Å². The molecule has 1 aliphatic rings. The molecule has 2 aromatic heterocycles. The van der Waals surface area contributed by atoms with Crippen molar-refractivity contribution in [1.29, 1.82) is 0 Å². The Hall–Kier alpha value is -2.64. The second-order valence-corrected chi connectivity index (χ2v) is 7.03. The number of hydrogen-bond acceptors (Lipinski definition) is 6. The number of nitrogens with zero attached hydrogens (tertiary/aromatic N) is 4. The second kappa shape index (κ2) is 6.93. The molecule has 0 amide bonds. The maximum absolute atomic E-state index is 12.9. The fourth-order valence-electron chi connectivity index (χ4n) is 2.72. The summed E-state index contributed by atoms with van der Waals surface area (Å²) in [5, 5.41) is 13.0. The van der Waals surface area contributed by atoms with Crippen LogP contribution in [0.15, 0.2) is 57.4 Å². The van der Waals surface area contributed by atoms with Gasteiger partial charge in [0.2, 0.25) is 5.88 Å². The van der Waals surface area contributed by atoms with E-state index in [1.54, 1.807) is 48.3 Å². The predicted molar refractivity (Wildman–Crippen MR) is 106 cm³/mol. The van der Waals surface area contributed by atoms with Gasteiger partial charge in [-0.1, -0.05) is 41.6 Å². The van der Waals surface area contributed by atoms with Gasteiger partial charge >= 0.3 is 0 Å². The van der Waals surface area contributed by atoms with Crippen LogP contribution in [0.3, 0.4) is 0 Å². The number of benzene rings is 1. The number of pyridine rings is 2. The van der Waals surface area contributed by atoms with Gasteiger partial charge in [-0.25, -0.2) is 14.5 Å². The maximum atomic E-state index is 12.9.